The smallest absolute Gasteiger partial charge is 0.360 e. The Kier molecular flexibility index (Phi) is 5.49. The van der Waals surface area contributed by atoms with Gasteiger partial charge in [-0.25, -0.2) is 14.8 Å². The van der Waals surface area contributed by atoms with Crippen molar-refractivity contribution < 1.29 is 14.3 Å². The number of ether oxygens (including phenoxy) is 1. The van der Waals surface area contributed by atoms with E-state index in [1.165, 1.54) is 6.92 Å². The highest BCUT2D eigenvalue weighted by Crippen LogP contribution is 2.37. The summed E-state index contributed by atoms with van der Waals surface area (Å²) in [6.45, 7) is 5.22. The summed E-state index contributed by atoms with van der Waals surface area (Å²) in [5.74, 6) is -0.919. The Morgan fingerprint density at radius 2 is 1.71 bits per heavy atom. The number of aromatic amines is 1. The van der Waals surface area contributed by atoms with Gasteiger partial charge in [0, 0.05) is 34.6 Å². The molecule has 0 spiro atoms. The standard InChI is InChI=1S/C24H22N4O3/c1-4-31-24(30)22-23(26-15(3)29)28-21(20(27-22)16-10-6-5-7-11-16)19-14(2)25-18-13-9-8-12-17(18)19/h5-13,25H,4H2,1-3H3,(H,26,28,29). The normalized spacial score (nSPS) is 10.8. The Morgan fingerprint density at radius 3 is 2.42 bits per heavy atom. The number of aryl methyl sites for hydroxylation is 1. The maximum atomic E-state index is 12.6. The van der Waals surface area contributed by atoms with Crippen LogP contribution in [0.25, 0.3) is 33.4 Å². The van der Waals surface area contributed by atoms with Crippen LogP contribution in [0.4, 0.5) is 5.82 Å². The van der Waals surface area contributed by atoms with E-state index in [2.05, 4.69) is 15.3 Å². The largest absolute Gasteiger partial charge is 0.461 e. The molecule has 7 nitrogen and oxygen atoms in total. The molecular weight excluding hydrogens is 392 g/mol. The van der Waals surface area contributed by atoms with Gasteiger partial charge in [0.15, 0.2) is 11.5 Å². The Labute approximate surface area is 179 Å². The first kappa shape index (κ1) is 20.3. The van der Waals surface area contributed by atoms with Gasteiger partial charge in [-0.2, -0.15) is 0 Å². The van der Waals surface area contributed by atoms with Gasteiger partial charge in [0.1, 0.15) is 5.69 Å². The van der Waals surface area contributed by atoms with Crippen molar-refractivity contribution in [2.24, 2.45) is 0 Å². The van der Waals surface area contributed by atoms with Crippen molar-refractivity contribution in [3.05, 3.63) is 66.0 Å². The number of rotatable bonds is 5. The molecule has 0 radical (unpaired) electrons. The summed E-state index contributed by atoms with van der Waals surface area (Å²) in [6.07, 6.45) is 0. The van der Waals surface area contributed by atoms with E-state index in [4.69, 9.17) is 9.72 Å². The van der Waals surface area contributed by atoms with Gasteiger partial charge in [-0.15, -0.1) is 0 Å². The lowest BCUT2D eigenvalue weighted by Crippen LogP contribution is -2.17. The predicted octanol–water partition coefficient (Wildman–Crippen LogP) is 4.74. The van der Waals surface area contributed by atoms with Gasteiger partial charge in [-0.05, 0) is 19.9 Å². The molecule has 0 saturated carbocycles. The molecule has 1 amide bonds. The number of carbonyl (C=O) groups excluding carboxylic acids is 2. The lowest BCUT2D eigenvalue weighted by Gasteiger charge is -2.15. The maximum absolute atomic E-state index is 12.6. The number of anilines is 1. The molecule has 0 atom stereocenters. The Balaban J connectivity index is 2.06. The Morgan fingerprint density at radius 1 is 1.00 bits per heavy atom. The summed E-state index contributed by atoms with van der Waals surface area (Å²) in [5.41, 5.74) is 4.61. The van der Waals surface area contributed by atoms with Crippen molar-refractivity contribution in [1.82, 2.24) is 15.0 Å². The van der Waals surface area contributed by atoms with E-state index in [1.807, 2.05) is 61.5 Å². The van der Waals surface area contributed by atoms with Gasteiger partial charge < -0.3 is 15.0 Å². The van der Waals surface area contributed by atoms with Gasteiger partial charge in [0.25, 0.3) is 0 Å². The molecule has 0 aliphatic heterocycles. The van der Waals surface area contributed by atoms with E-state index < -0.39 is 5.97 Å². The van der Waals surface area contributed by atoms with Crippen LogP contribution in [-0.2, 0) is 9.53 Å². The van der Waals surface area contributed by atoms with Crippen molar-refractivity contribution in [3.8, 4) is 22.5 Å². The molecule has 156 valence electrons. The molecule has 4 aromatic rings. The number of amides is 1. The fraction of sp³-hybridized carbons (Fsp3) is 0.167. The highest BCUT2D eigenvalue weighted by molar-refractivity contribution is 6.03. The number of hydrogen-bond acceptors (Lipinski definition) is 5. The summed E-state index contributed by atoms with van der Waals surface area (Å²) < 4.78 is 5.17. The van der Waals surface area contributed by atoms with Crippen molar-refractivity contribution >= 4 is 28.6 Å². The van der Waals surface area contributed by atoms with Crippen LogP contribution in [0.15, 0.2) is 54.6 Å². The third-order valence-electron chi connectivity index (χ3n) is 4.84. The molecule has 2 aromatic heterocycles. The number of aromatic nitrogens is 3. The average Bonchev–Trinajstić information content (AvgIpc) is 3.09. The van der Waals surface area contributed by atoms with Crippen LogP contribution in [-0.4, -0.2) is 33.4 Å². The SMILES string of the molecule is CCOC(=O)c1nc(-c2ccccc2)c(-c2c(C)[nH]c3ccccc23)nc1NC(C)=O. The topological polar surface area (TPSA) is 97.0 Å². The number of hydrogen-bond donors (Lipinski definition) is 2. The molecule has 0 saturated heterocycles. The van der Waals surface area contributed by atoms with Crippen LogP contribution in [0.3, 0.4) is 0 Å². The van der Waals surface area contributed by atoms with Gasteiger partial charge in [0.2, 0.25) is 5.91 Å². The van der Waals surface area contributed by atoms with Gasteiger partial charge in [-0.3, -0.25) is 4.79 Å². The summed E-state index contributed by atoms with van der Waals surface area (Å²) in [6, 6.07) is 17.4. The molecule has 0 aliphatic rings. The molecular formula is C24H22N4O3. The van der Waals surface area contributed by atoms with Crippen LogP contribution in [0.1, 0.15) is 30.0 Å². The quantitative estimate of drug-likeness (QED) is 0.460. The fourth-order valence-corrected chi connectivity index (χ4v) is 3.58. The average molecular weight is 414 g/mol. The minimum atomic E-state index is -0.641. The van der Waals surface area contributed by atoms with E-state index >= 15 is 0 Å². The highest BCUT2D eigenvalue weighted by atomic mass is 16.5. The first-order valence-corrected chi connectivity index (χ1v) is 9.99. The zero-order valence-electron chi connectivity index (χ0n) is 17.5. The van der Waals surface area contributed by atoms with Gasteiger partial charge in [0.05, 0.1) is 12.3 Å². The monoisotopic (exact) mass is 414 g/mol. The van der Waals surface area contributed by atoms with E-state index in [9.17, 15) is 9.59 Å². The molecule has 4 rings (SSSR count). The first-order valence-electron chi connectivity index (χ1n) is 9.99. The van der Waals surface area contributed by atoms with Crippen LogP contribution >= 0.6 is 0 Å². The lowest BCUT2D eigenvalue weighted by molar-refractivity contribution is -0.114. The first-order chi connectivity index (χ1) is 15.0. The number of esters is 1. The Hall–Kier alpha value is -4.00. The maximum Gasteiger partial charge on any atom is 0.360 e. The molecule has 2 aromatic carbocycles. The van der Waals surface area contributed by atoms with Crippen LogP contribution in [0, 0.1) is 6.92 Å². The molecule has 31 heavy (non-hydrogen) atoms. The number of benzene rings is 2. The van der Waals surface area contributed by atoms with Crippen LogP contribution in [0.2, 0.25) is 0 Å². The summed E-state index contributed by atoms with van der Waals surface area (Å²) >= 11 is 0. The second-order valence-electron chi connectivity index (χ2n) is 7.06. The third kappa shape index (κ3) is 3.90. The van der Waals surface area contributed by atoms with Crippen molar-refractivity contribution in [2.45, 2.75) is 20.8 Å². The van der Waals surface area contributed by atoms with Gasteiger partial charge in [-0.1, -0.05) is 48.5 Å². The zero-order chi connectivity index (χ0) is 22.0. The summed E-state index contributed by atoms with van der Waals surface area (Å²) in [7, 11) is 0. The molecule has 2 heterocycles. The number of fused-ring (bicyclic) bond motifs is 1. The zero-order valence-corrected chi connectivity index (χ0v) is 17.5. The highest BCUT2D eigenvalue weighted by Gasteiger charge is 2.25. The molecule has 0 aliphatic carbocycles. The molecule has 0 fully saturated rings. The van der Waals surface area contributed by atoms with Gasteiger partial charge >= 0.3 is 5.97 Å². The van der Waals surface area contributed by atoms with Crippen molar-refractivity contribution in [1.29, 1.82) is 0 Å². The number of nitrogens with one attached hydrogen (secondary N) is 2. The van der Waals surface area contributed by atoms with Crippen molar-refractivity contribution in [2.75, 3.05) is 11.9 Å². The van der Waals surface area contributed by atoms with Crippen molar-refractivity contribution in [3.63, 3.8) is 0 Å². The van der Waals surface area contributed by atoms with E-state index in [1.54, 1.807) is 6.92 Å². The summed E-state index contributed by atoms with van der Waals surface area (Å²) in [4.78, 5) is 37.2. The minimum absolute atomic E-state index is 0.0304. The lowest BCUT2D eigenvalue weighted by atomic mass is 10.0. The second-order valence-corrected chi connectivity index (χ2v) is 7.06. The van der Waals surface area contributed by atoms with Crippen LogP contribution in [0.5, 0.6) is 0 Å². The predicted molar refractivity (Wildman–Crippen MR) is 120 cm³/mol. The van der Waals surface area contributed by atoms with E-state index in [-0.39, 0.29) is 24.0 Å². The Bertz CT molecular complexity index is 1280. The van der Waals surface area contributed by atoms with Crippen LogP contribution < -0.4 is 5.32 Å². The number of para-hydroxylation sites is 1. The molecule has 0 unspecified atom stereocenters. The van der Waals surface area contributed by atoms with E-state index in [0.717, 1.165) is 27.7 Å². The fourth-order valence-electron chi connectivity index (χ4n) is 3.58. The second kappa shape index (κ2) is 8.39. The summed E-state index contributed by atoms with van der Waals surface area (Å²) in [5, 5.41) is 3.61. The minimum Gasteiger partial charge on any atom is -0.461 e. The number of nitrogens with zero attached hydrogens (tertiary/aromatic N) is 2. The number of H-pyrrole nitrogens is 1. The van der Waals surface area contributed by atoms with E-state index in [0.29, 0.717) is 11.4 Å². The molecule has 7 heteroatoms. The molecule has 2 N–H and O–H groups in total. The number of carbonyl (C=O) groups is 2. The third-order valence-corrected chi connectivity index (χ3v) is 4.84. The molecule has 0 bridgehead atoms.